The Morgan fingerprint density at radius 3 is 2.26 bits per heavy atom. The summed E-state index contributed by atoms with van der Waals surface area (Å²) in [6.45, 7) is 2.35. The number of hydrogen-bond acceptors (Lipinski definition) is 0. The van der Waals surface area contributed by atoms with E-state index < -0.39 is 0 Å². The lowest BCUT2D eigenvalue weighted by molar-refractivity contribution is 0.187. The summed E-state index contributed by atoms with van der Waals surface area (Å²) in [6.07, 6.45) is 10.9. The van der Waals surface area contributed by atoms with Gasteiger partial charge in [0.25, 0.3) is 0 Å². The van der Waals surface area contributed by atoms with Gasteiger partial charge in [-0.15, -0.1) is 0 Å². The Kier molecular flexibility index (Phi) is 5.63. The topological polar surface area (TPSA) is 0 Å². The van der Waals surface area contributed by atoms with Crippen LogP contribution in [0.1, 0.15) is 67.7 Å². The first-order valence-electron chi connectivity index (χ1n) is 10.6. The summed E-state index contributed by atoms with van der Waals surface area (Å²) in [6, 6.07) is 13.1. The molecule has 27 heavy (non-hydrogen) atoms. The molecule has 1 heteroatoms. The summed E-state index contributed by atoms with van der Waals surface area (Å²) < 4.78 is 13.0. The fourth-order valence-corrected chi connectivity index (χ4v) is 5.01. The maximum Gasteiger partial charge on any atom is 0.123 e. The maximum atomic E-state index is 13.0. The smallest absolute Gasteiger partial charge is 0.123 e. The molecule has 140 valence electrons. The van der Waals surface area contributed by atoms with E-state index in [1.54, 1.807) is 12.1 Å². The minimum Gasteiger partial charge on any atom is -0.207 e. The van der Waals surface area contributed by atoms with E-state index in [2.05, 4.69) is 37.0 Å². The highest BCUT2D eigenvalue weighted by molar-refractivity contribution is 5.46. The van der Waals surface area contributed by atoms with Gasteiger partial charge in [0, 0.05) is 11.1 Å². The second-order valence-electron chi connectivity index (χ2n) is 8.43. The molecule has 1 atom stereocenters. The highest BCUT2D eigenvalue weighted by Gasteiger charge is 2.29. The van der Waals surface area contributed by atoms with Crippen LogP contribution in [0.2, 0.25) is 0 Å². The van der Waals surface area contributed by atoms with E-state index in [0.29, 0.717) is 0 Å². The van der Waals surface area contributed by atoms with E-state index in [-0.39, 0.29) is 5.82 Å². The Morgan fingerprint density at radius 1 is 0.815 bits per heavy atom. The fraction of sp³-hybridized carbons (Fsp3) is 0.462. The van der Waals surface area contributed by atoms with Gasteiger partial charge in [-0.2, -0.15) is 0 Å². The lowest BCUT2D eigenvalue weighted by Crippen LogP contribution is -2.26. The lowest BCUT2D eigenvalue weighted by atomic mass is 9.69. The maximum absolute atomic E-state index is 13.0. The number of fused-ring (bicyclic) bond motifs is 1. The molecule has 1 saturated carbocycles. The third kappa shape index (κ3) is 4.44. The van der Waals surface area contributed by atoms with Crippen LogP contribution in [0.5, 0.6) is 0 Å². The van der Waals surface area contributed by atoms with Crippen LogP contribution in [-0.2, 0) is 12.8 Å². The van der Waals surface area contributed by atoms with E-state index in [0.717, 1.165) is 28.9 Å². The molecule has 2 aromatic rings. The normalized spacial score (nSPS) is 24.6. The summed E-state index contributed by atoms with van der Waals surface area (Å²) in [4.78, 5) is 0. The second kappa shape index (κ2) is 8.30. The highest BCUT2D eigenvalue weighted by Crippen LogP contribution is 2.40. The number of hydrogen-bond donors (Lipinski definition) is 0. The van der Waals surface area contributed by atoms with Crippen molar-refractivity contribution in [1.29, 1.82) is 0 Å². The van der Waals surface area contributed by atoms with Crippen LogP contribution in [0, 0.1) is 35.4 Å². The van der Waals surface area contributed by atoms with Crippen molar-refractivity contribution in [2.24, 2.45) is 17.8 Å². The number of aryl methyl sites for hydroxylation is 1. The third-order valence-electron chi connectivity index (χ3n) is 6.80. The van der Waals surface area contributed by atoms with E-state index in [9.17, 15) is 4.39 Å². The van der Waals surface area contributed by atoms with Gasteiger partial charge in [0.05, 0.1) is 0 Å². The van der Waals surface area contributed by atoms with Crippen LogP contribution in [0.3, 0.4) is 0 Å². The molecular formula is C26H29F. The average molecular weight is 361 g/mol. The summed E-state index contributed by atoms with van der Waals surface area (Å²) in [7, 11) is 0. The van der Waals surface area contributed by atoms with Crippen LogP contribution in [-0.4, -0.2) is 0 Å². The minimum absolute atomic E-state index is 0.216. The standard InChI is InChI=1S/C26H29F/c1-2-19-5-10-22(11-6-19)24-14-13-23-17-21(7-12-25(23)18-24)4-3-20-8-15-26(27)16-9-20/h7-9,12,15-17,19,22,24H,2,5-6,10-11,13-14,18H2,1H3. The third-order valence-corrected chi connectivity index (χ3v) is 6.80. The number of halogens is 1. The molecule has 0 aliphatic heterocycles. The van der Waals surface area contributed by atoms with Crippen molar-refractivity contribution in [1.82, 2.24) is 0 Å². The lowest BCUT2D eigenvalue weighted by Gasteiger charge is -2.36. The van der Waals surface area contributed by atoms with Crippen molar-refractivity contribution in [3.63, 3.8) is 0 Å². The van der Waals surface area contributed by atoms with E-state index in [1.165, 1.54) is 74.6 Å². The van der Waals surface area contributed by atoms with Crippen molar-refractivity contribution in [3.05, 3.63) is 70.5 Å². The van der Waals surface area contributed by atoms with Crippen molar-refractivity contribution in [3.8, 4) is 11.8 Å². The monoisotopic (exact) mass is 360 g/mol. The van der Waals surface area contributed by atoms with Gasteiger partial charge in [0.1, 0.15) is 5.82 Å². The quantitative estimate of drug-likeness (QED) is 0.533. The predicted octanol–water partition coefficient (Wildman–Crippen LogP) is 6.55. The van der Waals surface area contributed by atoms with Gasteiger partial charge in [0.15, 0.2) is 0 Å². The molecule has 0 radical (unpaired) electrons. The largest absolute Gasteiger partial charge is 0.207 e. The molecule has 0 heterocycles. The molecule has 1 unspecified atom stereocenters. The Hall–Kier alpha value is -2.07. The van der Waals surface area contributed by atoms with Gasteiger partial charge >= 0.3 is 0 Å². The van der Waals surface area contributed by atoms with Gasteiger partial charge in [-0.1, -0.05) is 44.1 Å². The molecule has 1 fully saturated rings. The SMILES string of the molecule is CCC1CCC(C2CCc3cc(C#Cc4ccc(F)cc4)ccc3C2)CC1. The van der Waals surface area contributed by atoms with Crippen LogP contribution in [0.25, 0.3) is 0 Å². The Balaban J connectivity index is 1.42. The van der Waals surface area contributed by atoms with Crippen molar-refractivity contribution in [2.75, 3.05) is 0 Å². The van der Waals surface area contributed by atoms with E-state index >= 15 is 0 Å². The molecule has 2 aromatic carbocycles. The van der Waals surface area contributed by atoms with Gasteiger partial charge < -0.3 is 0 Å². The number of rotatable bonds is 2. The predicted molar refractivity (Wildman–Crippen MR) is 110 cm³/mol. The van der Waals surface area contributed by atoms with E-state index in [4.69, 9.17) is 0 Å². The zero-order chi connectivity index (χ0) is 18.6. The van der Waals surface area contributed by atoms with E-state index in [1.807, 2.05) is 0 Å². The average Bonchev–Trinajstić information content (AvgIpc) is 2.73. The van der Waals surface area contributed by atoms with Crippen molar-refractivity contribution < 1.29 is 4.39 Å². The van der Waals surface area contributed by atoms with Crippen LogP contribution in [0.15, 0.2) is 42.5 Å². The molecule has 0 aromatic heterocycles. The minimum atomic E-state index is -0.216. The molecule has 0 amide bonds. The Bertz CT molecular complexity index is 829. The molecule has 4 rings (SSSR count). The summed E-state index contributed by atoms with van der Waals surface area (Å²) in [5.74, 6) is 8.99. The van der Waals surface area contributed by atoms with Gasteiger partial charge in [-0.05, 0) is 97.4 Å². The summed E-state index contributed by atoms with van der Waals surface area (Å²) in [5, 5.41) is 0. The second-order valence-corrected chi connectivity index (χ2v) is 8.43. The van der Waals surface area contributed by atoms with Gasteiger partial charge in [0.2, 0.25) is 0 Å². The van der Waals surface area contributed by atoms with Crippen LogP contribution < -0.4 is 0 Å². The molecule has 2 aliphatic rings. The molecule has 0 N–H and O–H groups in total. The van der Waals surface area contributed by atoms with Gasteiger partial charge in [-0.3, -0.25) is 0 Å². The first-order valence-corrected chi connectivity index (χ1v) is 10.6. The van der Waals surface area contributed by atoms with Crippen molar-refractivity contribution in [2.45, 2.75) is 58.3 Å². The van der Waals surface area contributed by atoms with Gasteiger partial charge in [-0.25, -0.2) is 4.39 Å². The molecule has 0 saturated heterocycles. The molecule has 0 nitrogen and oxygen atoms in total. The zero-order valence-corrected chi connectivity index (χ0v) is 16.3. The zero-order valence-electron chi connectivity index (χ0n) is 16.3. The fourth-order valence-electron chi connectivity index (χ4n) is 5.01. The number of benzene rings is 2. The summed E-state index contributed by atoms with van der Waals surface area (Å²) in [5.41, 5.74) is 4.95. The molecule has 2 aliphatic carbocycles. The Labute approximate surface area is 163 Å². The first kappa shape index (κ1) is 18.3. The molecular weight excluding hydrogens is 331 g/mol. The first-order chi connectivity index (χ1) is 13.2. The Morgan fingerprint density at radius 2 is 1.52 bits per heavy atom. The van der Waals surface area contributed by atoms with Crippen LogP contribution >= 0.6 is 0 Å². The molecule has 0 spiro atoms. The highest BCUT2D eigenvalue weighted by atomic mass is 19.1. The summed E-state index contributed by atoms with van der Waals surface area (Å²) >= 11 is 0. The van der Waals surface area contributed by atoms with Crippen molar-refractivity contribution >= 4 is 0 Å². The molecule has 0 bridgehead atoms. The van der Waals surface area contributed by atoms with Crippen LogP contribution in [0.4, 0.5) is 4.39 Å².